The van der Waals surface area contributed by atoms with Crippen LogP contribution in [0, 0.1) is 6.92 Å². The summed E-state index contributed by atoms with van der Waals surface area (Å²) in [6.45, 7) is 2.19. The third-order valence-corrected chi connectivity index (χ3v) is 5.07. The van der Waals surface area contributed by atoms with E-state index in [1.165, 1.54) is 12.1 Å². The SMILES string of the molecule is CNC(=O)[C@H](NCC[C@H](c1ccc(C(F)(F)F)cc1)c1cc(C)on1)c1ccccc1. The van der Waals surface area contributed by atoms with E-state index in [0.29, 0.717) is 30.0 Å². The summed E-state index contributed by atoms with van der Waals surface area (Å²) in [7, 11) is 1.57. The molecule has 8 heteroatoms. The van der Waals surface area contributed by atoms with Gasteiger partial charge >= 0.3 is 6.18 Å². The fourth-order valence-corrected chi connectivity index (χ4v) is 3.46. The van der Waals surface area contributed by atoms with Crippen LogP contribution in [0.1, 0.15) is 46.5 Å². The van der Waals surface area contributed by atoms with Gasteiger partial charge in [0.1, 0.15) is 11.8 Å². The molecule has 2 N–H and O–H groups in total. The van der Waals surface area contributed by atoms with Crippen molar-refractivity contribution in [1.82, 2.24) is 15.8 Å². The highest BCUT2D eigenvalue weighted by Gasteiger charge is 2.30. The van der Waals surface area contributed by atoms with Gasteiger partial charge in [-0.25, -0.2) is 0 Å². The highest BCUT2D eigenvalue weighted by Crippen LogP contribution is 2.33. The van der Waals surface area contributed by atoms with Gasteiger partial charge in [-0.1, -0.05) is 47.6 Å². The molecular weight excluding hydrogens is 407 g/mol. The summed E-state index contributed by atoms with van der Waals surface area (Å²) in [4.78, 5) is 12.4. The molecule has 2 aromatic carbocycles. The van der Waals surface area contributed by atoms with Crippen molar-refractivity contribution >= 4 is 5.91 Å². The molecule has 0 radical (unpaired) electrons. The summed E-state index contributed by atoms with van der Waals surface area (Å²) in [6.07, 6.45) is -3.88. The molecule has 0 aliphatic rings. The standard InChI is InChI=1S/C23H24F3N3O2/c1-15-14-20(29-31-15)19(16-8-10-18(11-9-16)23(24,25)26)12-13-28-21(22(30)27-2)17-6-4-3-5-7-17/h3-11,14,19,21,28H,12-13H2,1-2H3,(H,27,30)/t19-,21-/m1/s1. The summed E-state index contributed by atoms with van der Waals surface area (Å²) in [5, 5.41) is 9.97. The predicted octanol–water partition coefficient (Wildman–Crippen LogP) is 4.60. The number of hydrogen-bond donors (Lipinski definition) is 2. The van der Waals surface area contributed by atoms with Crippen LogP contribution in [0.3, 0.4) is 0 Å². The van der Waals surface area contributed by atoms with Crippen LogP contribution in [-0.4, -0.2) is 24.7 Å². The maximum Gasteiger partial charge on any atom is 0.416 e. The van der Waals surface area contributed by atoms with Gasteiger partial charge in [0.25, 0.3) is 0 Å². The number of amides is 1. The number of hydrogen-bond acceptors (Lipinski definition) is 4. The smallest absolute Gasteiger partial charge is 0.361 e. The van der Waals surface area contributed by atoms with Crippen LogP contribution >= 0.6 is 0 Å². The van der Waals surface area contributed by atoms with Crippen molar-refractivity contribution in [3.8, 4) is 0 Å². The number of benzene rings is 2. The minimum absolute atomic E-state index is 0.172. The molecule has 0 fully saturated rings. The number of nitrogens with zero attached hydrogens (tertiary/aromatic N) is 1. The van der Waals surface area contributed by atoms with Crippen LogP contribution < -0.4 is 10.6 Å². The Labute approximate surface area is 178 Å². The zero-order chi connectivity index (χ0) is 22.4. The zero-order valence-corrected chi connectivity index (χ0v) is 17.2. The molecule has 1 amide bonds. The second-order valence-corrected chi connectivity index (χ2v) is 7.24. The van der Waals surface area contributed by atoms with E-state index in [1.54, 1.807) is 20.0 Å². The van der Waals surface area contributed by atoms with Crippen LogP contribution in [0.4, 0.5) is 13.2 Å². The number of aryl methyl sites for hydroxylation is 1. The second kappa shape index (κ2) is 9.78. The van der Waals surface area contributed by atoms with Gasteiger partial charge in [-0.3, -0.25) is 4.79 Å². The molecule has 0 bridgehead atoms. The third kappa shape index (κ3) is 5.73. The van der Waals surface area contributed by atoms with E-state index in [1.807, 2.05) is 30.3 Å². The van der Waals surface area contributed by atoms with Gasteiger partial charge in [-0.2, -0.15) is 13.2 Å². The Morgan fingerprint density at radius 1 is 1.06 bits per heavy atom. The number of alkyl halides is 3. The molecular formula is C23H24F3N3O2. The first-order chi connectivity index (χ1) is 14.8. The number of nitrogens with one attached hydrogen (secondary N) is 2. The van der Waals surface area contributed by atoms with E-state index in [9.17, 15) is 18.0 Å². The summed E-state index contributed by atoms with van der Waals surface area (Å²) in [5.74, 6) is 0.162. The van der Waals surface area contributed by atoms with Gasteiger partial charge in [0, 0.05) is 19.0 Å². The molecule has 0 saturated carbocycles. The van der Waals surface area contributed by atoms with Crippen LogP contribution in [-0.2, 0) is 11.0 Å². The van der Waals surface area contributed by atoms with Crippen molar-refractivity contribution < 1.29 is 22.5 Å². The first-order valence-electron chi connectivity index (χ1n) is 9.90. The topological polar surface area (TPSA) is 67.2 Å². The first-order valence-corrected chi connectivity index (χ1v) is 9.90. The van der Waals surface area contributed by atoms with E-state index in [4.69, 9.17) is 4.52 Å². The molecule has 3 rings (SSSR count). The second-order valence-electron chi connectivity index (χ2n) is 7.24. The predicted molar refractivity (Wildman–Crippen MR) is 110 cm³/mol. The molecule has 5 nitrogen and oxygen atoms in total. The van der Waals surface area contributed by atoms with Crippen molar-refractivity contribution in [2.75, 3.05) is 13.6 Å². The van der Waals surface area contributed by atoms with Crippen LogP contribution in [0.15, 0.2) is 65.2 Å². The third-order valence-electron chi connectivity index (χ3n) is 5.07. The van der Waals surface area contributed by atoms with E-state index in [0.717, 1.165) is 17.7 Å². The minimum atomic E-state index is -4.39. The molecule has 1 heterocycles. The normalized spacial score (nSPS) is 13.6. The maximum atomic E-state index is 12.9. The molecule has 0 spiro atoms. The lowest BCUT2D eigenvalue weighted by Gasteiger charge is -2.20. The molecule has 31 heavy (non-hydrogen) atoms. The number of halogens is 3. The maximum absolute atomic E-state index is 12.9. The minimum Gasteiger partial charge on any atom is -0.361 e. The summed E-state index contributed by atoms with van der Waals surface area (Å²) >= 11 is 0. The van der Waals surface area contributed by atoms with Gasteiger partial charge in [0.2, 0.25) is 5.91 Å². The molecule has 164 valence electrons. The van der Waals surface area contributed by atoms with Gasteiger partial charge in [-0.15, -0.1) is 0 Å². The quantitative estimate of drug-likeness (QED) is 0.547. The Balaban J connectivity index is 1.78. The average molecular weight is 431 g/mol. The monoisotopic (exact) mass is 431 g/mol. The van der Waals surface area contributed by atoms with Gasteiger partial charge < -0.3 is 15.2 Å². The molecule has 0 saturated heterocycles. The van der Waals surface area contributed by atoms with Gasteiger partial charge in [0.15, 0.2) is 0 Å². The van der Waals surface area contributed by atoms with Crippen LogP contribution in [0.5, 0.6) is 0 Å². The van der Waals surface area contributed by atoms with Crippen molar-refractivity contribution in [1.29, 1.82) is 0 Å². The van der Waals surface area contributed by atoms with E-state index in [2.05, 4.69) is 15.8 Å². The van der Waals surface area contributed by atoms with Crippen molar-refractivity contribution in [2.24, 2.45) is 0 Å². The zero-order valence-electron chi connectivity index (χ0n) is 17.2. The lowest BCUT2D eigenvalue weighted by molar-refractivity contribution is -0.137. The van der Waals surface area contributed by atoms with E-state index < -0.39 is 17.8 Å². The largest absolute Gasteiger partial charge is 0.416 e. The number of rotatable bonds is 8. The fraction of sp³-hybridized carbons (Fsp3) is 0.304. The van der Waals surface area contributed by atoms with Gasteiger partial charge in [0.05, 0.1) is 11.3 Å². The number of aromatic nitrogens is 1. The lowest BCUT2D eigenvalue weighted by atomic mass is 9.91. The molecule has 0 aliphatic heterocycles. The Kier molecular flexibility index (Phi) is 7.12. The van der Waals surface area contributed by atoms with E-state index in [-0.39, 0.29) is 11.8 Å². The highest BCUT2D eigenvalue weighted by molar-refractivity contribution is 5.82. The Bertz CT molecular complexity index is 985. The molecule has 1 aromatic heterocycles. The Hall–Kier alpha value is -3.13. The lowest BCUT2D eigenvalue weighted by Crippen LogP contribution is -2.36. The summed E-state index contributed by atoms with van der Waals surface area (Å²) in [6, 6.07) is 15.6. The molecule has 2 atom stereocenters. The van der Waals surface area contributed by atoms with Gasteiger partial charge in [-0.05, 0) is 43.1 Å². The summed E-state index contributed by atoms with van der Waals surface area (Å²) in [5.41, 5.74) is 1.45. The Morgan fingerprint density at radius 2 is 1.74 bits per heavy atom. The highest BCUT2D eigenvalue weighted by atomic mass is 19.4. The number of likely N-dealkylation sites (N-methyl/N-ethyl adjacent to an activating group) is 1. The molecule has 3 aromatic rings. The van der Waals surface area contributed by atoms with Crippen LogP contribution in [0.25, 0.3) is 0 Å². The fourth-order valence-electron chi connectivity index (χ4n) is 3.46. The van der Waals surface area contributed by atoms with Crippen molar-refractivity contribution in [2.45, 2.75) is 31.5 Å². The van der Waals surface area contributed by atoms with Crippen LogP contribution in [0.2, 0.25) is 0 Å². The number of carbonyl (C=O) groups excluding carboxylic acids is 1. The van der Waals surface area contributed by atoms with E-state index >= 15 is 0 Å². The first kappa shape index (κ1) is 22.6. The summed E-state index contributed by atoms with van der Waals surface area (Å²) < 4.78 is 44.0. The molecule has 0 unspecified atom stereocenters. The van der Waals surface area contributed by atoms with Crippen molar-refractivity contribution in [3.05, 3.63) is 88.8 Å². The number of carbonyl (C=O) groups is 1. The molecule has 0 aliphatic carbocycles. The Morgan fingerprint density at radius 3 is 2.29 bits per heavy atom. The van der Waals surface area contributed by atoms with Crippen molar-refractivity contribution in [3.63, 3.8) is 0 Å². The average Bonchev–Trinajstić information content (AvgIpc) is 3.19.